The van der Waals surface area contributed by atoms with Crippen molar-refractivity contribution in [3.8, 4) is 0 Å². The van der Waals surface area contributed by atoms with Crippen molar-refractivity contribution in [1.82, 2.24) is 37.5 Å². The van der Waals surface area contributed by atoms with Crippen LogP contribution in [0.3, 0.4) is 0 Å². The molecule has 0 aromatic carbocycles. The van der Waals surface area contributed by atoms with Gasteiger partial charge in [0, 0.05) is 63.1 Å². The number of hydrogen-bond donors (Lipinski definition) is 2. The highest BCUT2D eigenvalue weighted by atomic mass is 15.1. The van der Waals surface area contributed by atoms with Gasteiger partial charge in [-0.25, -0.2) is 19.9 Å². The number of rotatable bonds is 0. The van der Waals surface area contributed by atoms with Crippen LogP contribution in [0.1, 0.15) is 113 Å². The first kappa shape index (κ1) is 43.5. The Labute approximate surface area is 345 Å². The molecule has 4 N–H and O–H groups in total. The zero-order valence-corrected chi connectivity index (χ0v) is 38.9. The normalized spacial score (nSPS) is 11.2. The van der Waals surface area contributed by atoms with Gasteiger partial charge >= 0.3 is 0 Å². The number of anilines is 2. The van der Waals surface area contributed by atoms with E-state index >= 15 is 0 Å². The number of fused-ring (bicyclic) bond motifs is 4. The lowest BCUT2D eigenvalue weighted by Crippen LogP contribution is -2.03. The van der Waals surface area contributed by atoms with Gasteiger partial charge in [-0.1, -0.05) is 0 Å². The lowest BCUT2D eigenvalue weighted by atomic mass is 10.2. The number of aryl methyl sites for hydroxylation is 14. The van der Waals surface area contributed by atoms with Crippen LogP contribution in [0, 0.1) is 138 Å². The van der Waals surface area contributed by atoms with E-state index in [9.17, 15) is 0 Å². The van der Waals surface area contributed by atoms with Crippen LogP contribution in [0.4, 0.5) is 11.5 Å². The maximum absolute atomic E-state index is 6.08. The second kappa shape index (κ2) is 16.0. The molecule has 0 saturated heterocycles. The number of hydrogen-bond acceptors (Lipinski definition) is 6. The number of nitrogens with two attached hydrogens (primary N) is 2. The molecule has 0 atom stereocenters. The number of nitrogen functional groups attached to an aromatic ring is 2. The van der Waals surface area contributed by atoms with Gasteiger partial charge in [0.15, 0.2) is 5.65 Å². The Morgan fingerprint density at radius 3 is 1.34 bits per heavy atom. The summed E-state index contributed by atoms with van der Waals surface area (Å²) in [7, 11) is 0. The summed E-state index contributed by atoms with van der Waals surface area (Å²) >= 11 is 0. The van der Waals surface area contributed by atoms with E-state index in [1.54, 1.807) is 0 Å². The van der Waals surface area contributed by atoms with E-state index in [4.69, 9.17) is 11.5 Å². The van der Waals surface area contributed by atoms with Gasteiger partial charge in [0.25, 0.3) is 0 Å². The van der Waals surface area contributed by atoms with E-state index in [2.05, 4.69) is 156 Å². The third kappa shape index (κ3) is 7.22. The van der Waals surface area contributed by atoms with E-state index in [0.29, 0.717) is 0 Å². The van der Waals surface area contributed by atoms with Crippen molar-refractivity contribution < 1.29 is 0 Å². The van der Waals surface area contributed by atoms with E-state index in [1.165, 1.54) is 78.7 Å². The Bertz CT molecular complexity index is 2800. The second-order valence-electron chi connectivity index (χ2n) is 16.4. The molecular formula is C48H66N10. The standard InChI is InChI=1S/2C12H17N3.2C12H16N2/c1-6-8(3)14-12-11(13)7(2)10(5)15(12)9(6)4;1-6-7(2)12-14-9(4)8(3)10(5)15(12)11(6)13;1-7-6-12-13-9(3)8(2)11(5)14(12)10(7)4;1-7-6-14-11(5)9(3)10(4)13-12(14)8(7)2/h2*13H2,1-5H3;2*6H,1-5H3. The summed E-state index contributed by atoms with van der Waals surface area (Å²) in [6, 6.07) is 2.15. The molecule has 0 aliphatic heterocycles. The van der Waals surface area contributed by atoms with E-state index in [-0.39, 0.29) is 0 Å². The van der Waals surface area contributed by atoms with Crippen LogP contribution in [-0.2, 0) is 0 Å². The van der Waals surface area contributed by atoms with Crippen molar-refractivity contribution in [2.45, 2.75) is 138 Å². The third-order valence-corrected chi connectivity index (χ3v) is 13.2. The highest BCUT2D eigenvalue weighted by Gasteiger charge is 2.16. The predicted octanol–water partition coefficient (Wildman–Crippen LogP) is 10.7. The predicted molar refractivity (Wildman–Crippen MR) is 244 cm³/mol. The fourth-order valence-electron chi connectivity index (χ4n) is 7.65. The minimum atomic E-state index is 0.804. The van der Waals surface area contributed by atoms with Crippen molar-refractivity contribution in [3.63, 3.8) is 0 Å². The third-order valence-electron chi connectivity index (χ3n) is 13.2. The molecule has 0 spiro atoms. The first-order valence-electron chi connectivity index (χ1n) is 20.2. The summed E-state index contributed by atoms with van der Waals surface area (Å²) in [5.41, 5.74) is 41.3. The average molecular weight is 783 g/mol. The summed E-state index contributed by atoms with van der Waals surface area (Å²) < 4.78 is 8.62. The lowest BCUT2D eigenvalue weighted by Gasteiger charge is -2.09. The molecule has 10 nitrogen and oxygen atoms in total. The Balaban J connectivity index is 0.000000147. The monoisotopic (exact) mass is 783 g/mol. The van der Waals surface area contributed by atoms with Crippen LogP contribution in [0.5, 0.6) is 0 Å². The maximum Gasteiger partial charge on any atom is 0.160 e. The molecule has 0 aliphatic rings. The van der Waals surface area contributed by atoms with Gasteiger partial charge < -0.3 is 24.7 Å². The first-order chi connectivity index (χ1) is 26.9. The summed E-state index contributed by atoms with van der Waals surface area (Å²) in [5.74, 6) is 0.815. The van der Waals surface area contributed by atoms with Gasteiger partial charge in [-0.15, -0.1) is 0 Å². The van der Waals surface area contributed by atoms with E-state index in [0.717, 1.165) is 68.0 Å². The molecule has 8 rings (SSSR count). The van der Waals surface area contributed by atoms with Crippen LogP contribution < -0.4 is 11.5 Å². The average Bonchev–Trinajstić information content (AvgIpc) is 3.78. The molecule has 8 aromatic rings. The summed E-state index contributed by atoms with van der Waals surface area (Å²) in [6.07, 6.45) is 2.17. The van der Waals surface area contributed by atoms with Gasteiger partial charge in [0.2, 0.25) is 0 Å². The molecule has 0 aliphatic carbocycles. The van der Waals surface area contributed by atoms with Crippen molar-refractivity contribution in [2.75, 3.05) is 11.5 Å². The fourth-order valence-corrected chi connectivity index (χ4v) is 7.65. The zero-order chi connectivity index (χ0) is 43.6. The molecule has 10 heteroatoms. The van der Waals surface area contributed by atoms with Gasteiger partial charge in [-0.05, 0) is 200 Å². The molecular weight excluding hydrogens is 717 g/mol. The molecule has 58 heavy (non-hydrogen) atoms. The zero-order valence-electron chi connectivity index (χ0n) is 38.9. The molecule has 0 radical (unpaired) electrons. The Kier molecular flexibility index (Phi) is 12.0. The fraction of sp³-hybridized carbons (Fsp3) is 0.417. The number of nitrogens with zero attached hydrogens (tertiary/aromatic N) is 8. The largest absolute Gasteiger partial charge is 0.395 e. The summed E-state index contributed by atoms with van der Waals surface area (Å²) in [4.78, 5) is 18.4. The molecule has 0 unspecified atom stereocenters. The quantitative estimate of drug-likeness (QED) is 0.158. The lowest BCUT2D eigenvalue weighted by molar-refractivity contribution is 0.956. The van der Waals surface area contributed by atoms with Crippen LogP contribution >= 0.6 is 0 Å². The molecule has 0 fully saturated rings. The van der Waals surface area contributed by atoms with Crippen LogP contribution in [-0.4, -0.2) is 37.5 Å². The maximum atomic E-state index is 6.08. The Morgan fingerprint density at radius 2 is 0.793 bits per heavy atom. The first-order valence-corrected chi connectivity index (χ1v) is 20.2. The van der Waals surface area contributed by atoms with E-state index in [1.807, 2.05) is 32.1 Å². The number of aromatic nitrogens is 8. The smallest absolute Gasteiger partial charge is 0.160 e. The van der Waals surface area contributed by atoms with Crippen LogP contribution in [0.15, 0.2) is 12.3 Å². The van der Waals surface area contributed by atoms with Crippen molar-refractivity contribution in [1.29, 1.82) is 0 Å². The topological polar surface area (TPSA) is 121 Å². The Morgan fingerprint density at radius 1 is 0.362 bits per heavy atom. The molecule has 8 aromatic heterocycles. The molecule has 0 bridgehead atoms. The SMILES string of the molecule is Cc1cc2nc(C)c(C)c(C)n2c1C.Cc1cn2c(C)c(C)c(C)nc2c1C.Cc1nc2c(C)c(C)c(N)n2c(C)c1C.Cc1nc2c(N)c(C)c(C)n2c(C)c1C. The van der Waals surface area contributed by atoms with Crippen molar-refractivity contribution >= 4 is 34.1 Å². The molecule has 8 heterocycles. The van der Waals surface area contributed by atoms with Gasteiger partial charge in [-0.2, -0.15) is 0 Å². The van der Waals surface area contributed by atoms with Crippen molar-refractivity contribution in [3.05, 3.63) is 125 Å². The Hall–Kier alpha value is -5.64. The highest BCUT2D eigenvalue weighted by Crippen LogP contribution is 2.28. The van der Waals surface area contributed by atoms with E-state index < -0.39 is 0 Å². The van der Waals surface area contributed by atoms with Crippen LogP contribution in [0.25, 0.3) is 22.6 Å². The summed E-state index contributed by atoms with van der Waals surface area (Å²) in [5, 5.41) is 0. The second-order valence-corrected chi connectivity index (χ2v) is 16.4. The van der Waals surface area contributed by atoms with Crippen molar-refractivity contribution in [2.24, 2.45) is 0 Å². The van der Waals surface area contributed by atoms with Gasteiger partial charge in [0.05, 0.1) is 5.69 Å². The minimum absolute atomic E-state index is 0.804. The van der Waals surface area contributed by atoms with Gasteiger partial charge in [-0.3, -0.25) is 4.40 Å². The van der Waals surface area contributed by atoms with Crippen LogP contribution in [0.2, 0.25) is 0 Å². The molecule has 0 amide bonds. The van der Waals surface area contributed by atoms with Gasteiger partial charge in [0.1, 0.15) is 22.8 Å². The molecule has 0 saturated carbocycles. The minimum Gasteiger partial charge on any atom is -0.395 e. The highest BCUT2D eigenvalue weighted by molar-refractivity contribution is 5.73. The summed E-state index contributed by atoms with van der Waals surface area (Å²) in [6.45, 7) is 42.0. The molecule has 308 valence electrons.